The van der Waals surface area contributed by atoms with Crippen molar-refractivity contribution in [3.8, 4) is 5.69 Å². The van der Waals surface area contributed by atoms with Gasteiger partial charge in [-0.2, -0.15) is 5.10 Å². The summed E-state index contributed by atoms with van der Waals surface area (Å²) in [6.45, 7) is 3.41. The topological polar surface area (TPSA) is 29.9 Å². The van der Waals surface area contributed by atoms with Gasteiger partial charge in [0.2, 0.25) is 0 Å². The minimum absolute atomic E-state index is 0.639. The van der Waals surface area contributed by atoms with Gasteiger partial charge in [0.05, 0.1) is 5.69 Å². The molecule has 3 nitrogen and oxygen atoms in total. The molecule has 1 aliphatic carbocycles. The number of hydrogen-bond donors (Lipinski definition) is 1. The van der Waals surface area contributed by atoms with E-state index >= 15 is 0 Å². The molecule has 2 aromatic rings. The third-order valence-electron chi connectivity index (χ3n) is 3.61. The number of nitrogens with zero attached hydrogens (tertiary/aromatic N) is 2. The number of rotatable bonds is 6. The van der Waals surface area contributed by atoms with E-state index in [9.17, 15) is 0 Å². The Bertz CT molecular complexity index is 514. The van der Waals surface area contributed by atoms with Gasteiger partial charge in [0, 0.05) is 17.9 Å². The van der Waals surface area contributed by atoms with Crippen LogP contribution in [-0.4, -0.2) is 22.4 Å². The highest BCUT2D eigenvalue weighted by Crippen LogP contribution is 2.19. The van der Waals surface area contributed by atoms with Crippen molar-refractivity contribution in [2.75, 3.05) is 6.54 Å². The van der Waals surface area contributed by atoms with Gasteiger partial charge in [-0.3, -0.25) is 0 Å². The molecule has 0 bridgehead atoms. The summed E-state index contributed by atoms with van der Waals surface area (Å²) in [5, 5.41) is 8.04. The maximum Gasteiger partial charge on any atom is 0.0648 e. The van der Waals surface area contributed by atoms with Crippen molar-refractivity contribution in [3.63, 3.8) is 0 Å². The van der Waals surface area contributed by atoms with E-state index < -0.39 is 0 Å². The summed E-state index contributed by atoms with van der Waals surface area (Å²) in [5.41, 5.74) is 2.43. The summed E-state index contributed by atoms with van der Waals surface area (Å²) in [6, 6.07) is 13.3. The standard InChI is InChI=1S/C16H21N3/c1-13(12-17-14-7-8-14)11-16-9-10-18-19(16)15-5-3-2-4-6-15/h2-6,9-10,13-14,17H,7-8,11-12H2,1H3. The summed E-state index contributed by atoms with van der Waals surface area (Å²) < 4.78 is 2.05. The Hall–Kier alpha value is -1.61. The maximum atomic E-state index is 4.44. The van der Waals surface area contributed by atoms with Crippen molar-refractivity contribution in [2.24, 2.45) is 5.92 Å². The van der Waals surface area contributed by atoms with E-state index in [1.165, 1.54) is 18.5 Å². The third kappa shape index (κ3) is 3.24. The average Bonchev–Trinajstić information content (AvgIpc) is 3.16. The Labute approximate surface area is 114 Å². The Kier molecular flexibility index (Phi) is 3.65. The van der Waals surface area contributed by atoms with Gasteiger partial charge in [-0.15, -0.1) is 0 Å². The minimum atomic E-state index is 0.639. The lowest BCUT2D eigenvalue weighted by Crippen LogP contribution is -2.24. The van der Waals surface area contributed by atoms with Crippen LogP contribution in [0.1, 0.15) is 25.5 Å². The molecule has 1 N–H and O–H groups in total. The molecule has 1 aliphatic rings. The zero-order valence-electron chi connectivity index (χ0n) is 11.4. The Morgan fingerprint density at radius 3 is 2.79 bits per heavy atom. The molecule has 0 amide bonds. The van der Waals surface area contributed by atoms with E-state index in [4.69, 9.17) is 0 Å². The van der Waals surface area contributed by atoms with E-state index in [1.54, 1.807) is 0 Å². The van der Waals surface area contributed by atoms with Crippen molar-refractivity contribution in [1.29, 1.82) is 0 Å². The zero-order chi connectivity index (χ0) is 13.1. The van der Waals surface area contributed by atoms with Crippen LogP contribution in [0, 0.1) is 5.92 Å². The molecule has 0 spiro atoms. The van der Waals surface area contributed by atoms with E-state index in [0.717, 1.165) is 24.7 Å². The molecule has 0 radical (unpaired) electrons. The highest BCUT2D eigenvalue weighted by molar-refractivity contribution is 5.32. The summed E-state index contributed by atoms with van der Waals surface area (Å²) in [5.74, 6) is 0.639. The SMILES string of the molecule is CC(CNC1CC1)Cc1ccnn1-c1ccccc1. The number of benzene rings is 1. The normalized spacial score (nSPS) is 16.5. The summed E-state index contributed by atoms with van der Waals surface area (Å²) in [6.07, 6.45) is 5.67. The molecule has 1 unspecified atom stereocenters. The molecule has 3 heteroatoms. The van der Waals surface area contributed by atoms with E-state index in [0.29, 0.717) is 5.92 Å². The first-order valence-electron chi connectivity index (χ1n) is 7.14. The fourth-order valence-corrected chi connectivity index (χ4v) is 2.37. The van der Waals surface area contributed by atoms with Gasteiger partial charge in [-0.1, -0.05) is 25.1 Å². The molecule has 1 heterocycles. The van der Waals surface area contributed by atoms with Crippen LogP contribution in [0.2, 0.25) is 0 Å². The Morgan fingerprint density at radius 2 is 2.05 bits per heavy atom. The summed E-state index contributed by atoms with van der Waals surface area (Å²) >= 11 is 0. The van der Waals surface area contributed by atoms with Crippen molar-refractivity contribution in [1.82, 2.24) is 15.1 Å². The largest absolute Gasteiger partial charge is 0.314 e. The van der Waals surface area contributed by atoms with Crippen LogP contribution in [0.15, 0.2) is 42.6 Å². The molecule has 1 fully saturated rings. The highest BCUT2D eigenvalue weighted by Gasteiger charge is 2.21. The zero-order valence-corrected chi connectivity index (χ0v) is 11.4. The average molecular weight is 255 g/mol. The van der Waals surface area contributed by atoms with Gasteiger partial charge in [0.1, 0.15) is 0 Å². The van der Waals surface area contributed by atoms with Crippen LogP contribution in [0.3, 0.4) is 0 Å². The molecule has 0 saturated heterocycles. The van der Waals surface area contributed by atoms with Gasteiger partial charge >= 0.3 is 0 Å². The van der Waals surface area contributed by atoms with Crippen molar-refractivity contribution >= 4 is 0 Å². The number of para-hydroxylation sites is 1. The van der Waals surface area contributed by atoms with Crippen molar-refractivity contribution < 1.29 is 0 Å². The Balaban J connectivity index is 1.66. The minimum Gasteiger partial charge on any atom is -0.314 e. The fraction of sp³-hybridized carbons (Fsp3) is 0.438. The predicted octanol–water partition coefficient (Wildman–Crippen LogP) is 2.80. The van der Waals surface area contributed by atoms with E-state index in [-0.39, 0.29) is 0 Å². The fourth-order valence-electron chi connectivity index (χ4n) is 2.37. The monoisotopic (exact) mass is 255 g/mol. The highest BCUT2D eigenvalue weighted by atomic mass is 15.3. The second-order valence-electron chi connectivity index (χ2n) is 5.56. The van der Waals surface area contributed by atoms with Gasteiger partial charge in [-0.05, 0) is 49.9 Å². The third-order valence-corrected chi connectivity index (χ3v) is 3.61. The van der Waals surface area contributed by atoms with Crippen LogP contribution in [-0.2, 0) is 6.42 Å². The molecule has 1 aromatic heterocycles. The van der Waals surface area contributed by atoms with Gasteiger partial charge < -0.3 is 5.32 Å². The molecule has 1 aromatic carbocycles. The van der Waals surface area contributed by atoms with Crippen molar-refractivity contribution in [3.05, 3.63) is 48.3 Å². The lowest BCUT2D eigenvalue weighted by Gasteiger charge is -2.13. The van der Waals surface area contributed by atoms with Crippen LogP contribution >= 0.6 is 0 Å². The van der Waals surface area contributed by atoms with Gasteiger partial charge in [-0.25, -0.2) is 4.68 Å². The second-order valence-corrected chi connectivity index (χ2v) is 5.56. The first-order valence-corrected chi connectivity index (χ1v) is 7.14. The lowest BCUT2D eigenvalue weighted by atomic mass is 10.1. The molecule has 100 valence electrons. The first kappa shape index (κ1) is 12.4. The van der Waals surface area contributed by atoms with Gasteiger partial charge in [0.25, 0.3) is 0 Å². The molecule has 1 saturated carbocycles. The quantitative estimate of drug-likeness (QED) is 0.860. The van der Waals surface area contributed by atoms with Crippen LogP contribution in [0.4, 0.5) is 0 Å². The summed E-state index contributed by atoms with van der Waals surface area (Å²) in [4.78, 5) is 0. The predicted molar refractivity (Wildman–Crippen MR) is 77.5 cm³/mol. The van der Waals surface area contributed by atoms with Gasteiger partial charge in [0.15, 0.2) is 0 Å². The maximum absolute atomic E-state index is 4.44. The second kappa shape index (κ2) is 5.57. The van der Waals surface area contributed by atoms with Crippen molar-refractivity contribution in [2.45, 2.75) is 32.2 Å². The smallest absolute Gasteiger partial charge is 0.0648 e. The number of hydrogen-bond acceptors (Lipinski definition) is 2. The van der Waals surface area contributed by atoms with Crippen LogP contribution in [0.5, 0.6) is 0 Å². The first-order chi connectivity index (χ1) is 9.33. The van der Waals surface area contributed by atoms with Crippen LogP contribution in [0.25, 0.3) is 5.69 Å². The Morgan fingerprint density at radius 1 is 1.26 bits per heavy atom. The van der Waals surface area contributed by atoms with Crippen LogP contribution < -0.4 is 5.32 Å². The summed E-state index contributed by atoms with van der Waals surface area (Å²) in [7, 11) is 0. The number of nitrogens with one attached hydrogen (secondary N) is 1. The molecule has 0 aliphatic heterocycles. The van der Waals surface area contributed by atoms with E-state index in [2.05, 4.69) is 47.7 Å². The number of aromatic nitrogens is 2. The molecule has 3 rings (SSSR count). The molecular formula is C16H21N3. The molecule has 19 heavy (non-hydrogen) atoms. The molecule has 1 atom stereocenters. The van der Waals surface area contributed by atoms with E-state index in [1.807, 2.05) is 16.9 Å². The molecular weight excluding hydrogens is 234 g/mol. The lowest BCUT2D eigenvalue weighted by molar-refractivity contribution is 0.499.